The van der Waals surface area contributed by atoms with Crippen molar-refractivity contribution in [3.63, 3.8) is 0 Å². The highest BCUT2D eigenvalue weighted by atomic mass is 16.5. The predicted octanol–water partition coefficient (Wildman–Crippen LogP) is 5.71. The van der Waals surface area contributed by atoms with E-state index in [1.807, 2.05) is 41.1 Å². The van der Waals surface area contributed by atoms with Crippen LogP contribution < -0.4 is 14.8 Å². The van der Waals surface area contributed by atoms with E-state index in [0.29, 0.717) is 49.1 Å². The molecule has 1 amide bonds. The Balaban J connectivity index is 1.61. The quantitative estimate of drug-likeness (QED) is 0.314. The highest BCUT2D eigenvalue weighted by molar-refractivity contribution is 5.97. The molecule has 1 heterocycles. The van der Waals surface area contributed by atoms with Gasteiger partial charge in [0.05, 0.1) is 31.5 Å². The van der Waals surface area contributed by atoms with Crippen LogP contribution in [0.2, 0.25) is 0 Å². The van der Waals surface area contributed by atoms with E-state index >= 15 is 0 Å². The van der Waals surface area contributed by atoms with E-state index in [9.17, 15) is 9.59 Å². The number of amides is 1. The molecular formula is C31H39N3O4. The number of nitrogens with zero attached hydrogens (tertiary/aromatic N) is 2. The number of nitrogens with one attached hydrogen (secondary N) is 1. The minimum Gasteiger partial charge on any atom is -0.496 e. The number of carbonyl (C=O) groups excluding carboxylic acids is 2. The third-order valence-corrected chi connectivity index (χ3v) is 7.21. The Morgan fingerprint density at radius 3 is 2.29 bits per heavy atom. The molecule has 1 aromatic heterocycles. The molecular weight excluding hydrogens is 478 g/mol. The molecule has 202 valence electrons. The van der Waals surface area contributed by atoms with Gasteiger partial charge < -0.3 is 14.8 Å². The second-order valence-corrected chi connectivity index (χ2v) is 10.5. The summed E-state index contributed by atoms with van der Waals surface area (Å²) in [5, 5.41) is 7.71. The first kappa shape index (κ1) is 27.4. The lowest BCUT2D eigenvalue weighted by molar-refractivity contribution is -0.122. The van der Waals surface area contributed by atoms with Crippen molar-refractivity contribution in [2.24, 2.45) is 11.8 Å². The molecule has 0 radical (unpaired) electrons. The number of aromatic nitrogens is 2. The number of rotatable bonds is 13. The van der Waals surface area contributed by atoms with Crippen LogP contribution in [0.1, 0.15) is 62.0 Å². The first-order valence-electron chi connectivity index (χ1n) is 13.6. The van der Waals surface area contributed by atoms with Crippen LogP contribution in [0.15, 0.2) is 54.6 Å². The Kier molecular flexibility index (Phi) is 9.21. The van der Waals surface area contributed by atoms with Gasteiger partial charge in [-0.05, 0) is 48.4 Å². The molecule has 1 N–H and O–H groups in total. The van der Waals surface area contributed by atoms with Crippen molar-refractivity contribution in [3.8, 4) is 22.8 Å². The molecule has 0 bridgehead atoms. The van der Waals surface area contributed by atoms with Crippen LogP contribution in [0.25, 0.3) is 11.3 Å². The SMILES string of the molecule is COc1cccc(OC)c1-c1cc(C(=O)N[C@@H](CCc2ccccc2)C(=O)CC2CCC2)nn1CC(C)C. The Hall–Kier alpha value is -3.61. The average molecular weight is 518 g/mol. The van der Waals surface area contributed by atoms with Gasteiger partial charge in [-0.3, -0.25) is 14.3 Å². The van der Waals surface area contributed by atoms with Crippen molar-refractivity contribution in [1.82, 2.24) is 15.1 Å². The van der Waals surface area contributed by atoms with Gasteiger partial charge in [0, 0.05) is 13.0 Å². The van der Waals surface area contributed by atoms with Crippen molar-refractivity contribution in [3.05, 3.63) is 65.9 Å². The molecule has 1 atom stereocenters. The van der Waals surface area contributed by atoms with Crippen molar-refractivity contribution in [2.45, 2.75) is 65.0 Å². The predicted molar refractivity (Wildman–Crippen MR) is 149 cm³/mol. The molecule has 1 aliphatic rings. The maximum Gasteiger partial charge on any atom is 0.272 e. The lowest BCUT2D eigenvalue weighted by Gasteiger charge is -2.27. The van der Waals surface area contributed by atoms with Gasteiger partial charge in [0.15, 0.2) is 11.5 Å². The van der Waals surface area contributed by atoms with Crippen LogP contribution in [0.4, 0.5) is 0 Å². The molecule has 3 aromatic rings. The molecule has 7 heteroatoms. The lowest BCUT2D eigenvalue weighted by atomic mass is 9.80. The number of Topliss-reactive ketones (excluding diaryl/α,β-unsaturated/α-hetero) is 1. The average Bonchev–Trinajstić information content (AvgIpc) is 3.31. The van der Waals surface area contributed by atoms with Gasteiger partial charge in [-0.15, -0.1) is 0 Å². The third kappa shape index (κ3) is 6.63. The Labute approximate surface area is 225 Å². The summed E-state index contributed by atoms with van der Waals surface area (Å²) in [6.45, 7) is 4.81. The van der Waals surface area contributed by atoms with Crippen LogP contribution in [-0.4, -0.2) is 41.7 Å². The number of methoxy groups -OCH3 is 2. The summed E-state index contributed by atoms with van der Waals surface area (Å²) in [5.41, 5.74) is 2.90. The highest BCUT2D eigenvalue weighted by Crippen LogP contribution is 2.39. The van der Waals surface area contributed by atoms with Gasteiger partial charge in [-0.2, -0.15) is 5.10 Å². The molecule has 0 unspecified atom stereocenters. The normalized spacial score (nSPS) is 14.1. The third-order valence-electron chi connectivity index (χ3n) is 7.21. The molecule has 1 saturated carbocycles. The molecule has 38 heavy (non-hydrogen) atoms. The van der Waals surface area contributed by atoms with Crippen LogP contribution in [0, 0.1) is 11.8 Å². The van der Waals surface area contributed by atoms with E-state index < -0.39 is 6.04 Å². The molecule has 1 aliphatic carbocycles. The van der Waals surface area contributed by atoms with Crippen molar-refractivity contribution in [2.75, 3.05) is 14.2 Å². The summed E-state index contributed by atoms with van der Waals surface area (Å²) in [6, 6.07) is 16.9. The number of benzene rings is 2. The number of carbonyl (C=O) groups is 2. The standard InChI is InChI=1S/C31H39N3O4/c1-21(2)20-34-26(30-28(37-3)14-9-15-29(30)38-4)19-25(33-34)31(36)32-24(27(35)18-23-12-8-13-23)17-16-22-10-6-5-7-11-22/h5-7,9-11,14-15,19,21,23-24H,8,12-13,16-18,20H2,1-4H3,(H,32,36)/t24-/m0/s1. The van der Waals surface area contributed by atoms with Crippen LogP contribution in [0.5, 0.6) is 11.5 Å². The molecule has 0 spiro atoms. The first-order valence-corrected chi connectivity index (χ1v) is 13.6. The second kappa shape index (κ2) is 12.8. The van der Waals surface area contributed by atoms with Gasteiger partial charge in [0.2, 0.25) is 0 Å². The summed E-state index contributed by atoms with van der Waals surface area (Å²) in [6.07, 6.45) is 5.16. The van der Waals surface area contributed by atoms with E-state index in [0.717, 1.165) is 29.7 Å². The molecule has 2 aromatic carbocycles. The minimum atomic E-state index is -0.553. The zero-order valence-electron chi connectivity index (χ0n) is 22.9. The summed E-state index contributed by atoms with van der Waals surface area (Å²) in [7, 11) is 3.22. The van der Waals surface area contributed by atoms with Crippen molar-refractivity contribution < 1.29 is 19.1 Å². The number of ketones is 1. The lowest BCUT2D eigenvalue weighted by Crippen LogP contribution is -2.42. The van der Waals surface area contributed by atoms with Gasteiger partial charge in [-0.1, -0.05) is 69.5 Å². The number of ether oxygens (including phenoxy) is 2. The summed E-state index contributed by atoms with van der Waals surface area (Å²) in [4.78, 5) is 26.8. The first-order chi connectivity index (χ1) is 18.4. The molecule has 0 saturated heterocycles. The van der Waals surface area contributed by atoms with E-state index in [2.05, 4.69) is 36.4 Å². The summed E-state index contributed by atoms with van der Waals surface area (Å²) in [5.74, 6) is 1.77. The van der Waals surface area contributed by atoms with Gasteiger partial charge in [-0.25, -0.2) is 0 Å². The largest absolute Gasteiger partial charge is 0.496 e. The molecule has 0 aliphatic heterocycles. The Morgan fingerprint density at radius 2 is 1.71 bits per heavy atom. The zero-order valence-corrected chi connectivity index (χ0v) is 22.9. The van der Waals surface area contributed by atoms with Crippen LogP contribution in [-0.2, 0) is 17.8 Å². The monoisotopic (exact) mass is 517 g/mol. The maximum absolute atomic E-state index is 13.5. The fourth-order valence-electron chi connectivity index (χ4n) is 4.94. The number of hydrogen-bond donors (Lipinski definition) is 1. The van der Waals surface area contributed by atoms with Crippen LogP contribution >= 0.6 is 0 Å². The summed E-state index contributed by atoms with van der Waals surface area (Å²) < 4.78 is 13.1. The fraction of sp³-hybridized carbons (Fsp3) is 0.452. The smallest absolute Gasteiger partial charge is 0.272 e. The van der Waals surface area contributed by atoms with Gasteiger partial charge in [0.1, 0.15) is 11.5 Å². The van der Waals surface area contributed by atoms with E-state index in [-0.39, 0.29) is 17.4 Å². The van der Waals surface area contributed by atoms with Crippen molar-refractivity contribution >= 4 is 11.7 Å². The minimum absolute atomic E-state index is 0.104. The van der Waals surface area contributed by atoms with E-state index in [4.69, 9.17) is 9.47 Å². The Morgan fingerprint density at radius 1 is 1.03 bits per heavy atom. The molecule has 4 rings (SSSR count). The van der Waals surface area contributed by atoms with Gasteiger partial charge >= 0.3 is 0 Å². The maximum atomic E-state index is 13.5. The summed E-state index contributed by atoms with van der Waals surface area (Å²) >= 11 is 0. The van der Waals surface area contributed by atoms with Crippen molar-refractivity contribution in [1.29, 1.82) is 0 Å². The fourth-order valence-corrected chi connectivity index (χ4v) is 4.94. The van der Waals surface area contributed by atoms with E-state index in [1.165, 1.54) is 6.42 Å². The van der Waals surface area contributed by atoms with Crippen LogP contribution in [0.3, 0.4) is 0 Å². The van der Waals surface area contributed by atoms with E-state index in [1.54, 1.807) is 20.3 Å². The zero-order chi connectivity index (χ0) is 27.1. The topological polar surface area (TPSA) is 82.4 Å². The Bertz CT molecular complexity index is 1210. The molecule has 1 fully saturated rings. The number of aryl methyl sites for hydroxylation is 1. The molecule has 7 nitrogen and oxygen atoms in total. The number of hydrogen-bond acceptors (Lipinski definition) is 5. The second-order valence-electron chi connectivity index (χ2n) is 10.5. The highest BCUT2D eigenvalue weighted by Gasteiger charge is 2.28. The van der Waals surface area contributed by atoms with Gasteiger partial charge in [0.25, 0.3) is 5.91 Å².